The summed E-state index contributed by atoms with van der Waals surface area (Å²) in [7, 11) is 0. The number of rotatable bonds is 8. The van der Waals surface area contributed by atoms with Crippen LogP contribution in [0.1, 0.15) is 58.3 Å². The molecule has 34 heavy (non-hydrogen) atoms. The third-order valence-corrected chi connectivity index (χ3v) is 7.15. The van der Waals surface area contributed by atoms with Gasteiger partial charge in [0.1, 0.15) is 5.69 Å². The lowest BCUT2D eigenvalue weighted by molar-refractivity contribution is -0.117. The minimum Gasteiger partial charge on any atom is -0.354 e. The Hall–Kier alpha value is -3.00. The first-order valence-electron chi connectivity index (χ1n) is 12.8. The molecular weight excluding hydrogens is 426 g/mol. The van der Waals surface area contributed by atoms with Gasteiger partial charge in [0.05, 0.1) is 5.39 Å². The van der Waals surface area contributed by atoms with Crippen LogP contribution >= 0.6 is 0 Å². The summed E-state index contributed by atoms with van der Waals surface area (Å²) in [5.41, 5.74) is 9.86. The number of hydrogen-bond acceptors (Lipinski definition) is 6. The molecule has 1 aliphatic heterocycles. The molecule has 2 aromatic heterocycles. The van der Waals surface area contributed by atoms with Gasteiger partial charge in [-0.25, -0.2) is 9.67 Å². The Morgan fingerprint density at radius 3 is 2.65 bits per heavy atom. The molecule has 1 aliphatic carbocycles. The average Bonchev–Trinajstić information content (AvgIpc) is 3.44. The van der Waals surface area contributed by atoms with E-state index in [9.17, 15) is 4.79 Å². The maximum Gasteiger partial charge on any atom is 0.227 e. The fourth-order valence-corrected chi connectivity index (χ4v) is 5.10. The van der Waals surface area contributed by atoms with Crippen molar-refractivity contribution >= 4 is 28.6 Å². The van der Waals surface area contributed by atoms with Crippen LogP contribution < -0.4 is 16.0 Å². The van der Waals surface area contributed by atoms with Crippen LogP contribution in [-0.4, -0.2) is 44.8 Å². The van der Waals surface area contributed by atoms with Crippen molar-refractivity contribution in [1.29, 1.82) is 0 Å². The second-order valence-electron chi connectivity index (χ2n) is 9.72. The molecule has 3 heterocycles. The van der Waals surface area contributed by atoms with Gasteiger partial charge >= 0.3 is 0 Å². The fourth-order valence-electron chi connectivity index (χ4n) is 5.10. The minimum absolute atomic E-state index is 0.200. The van der Waals surface area contributed by atoms with Crippen LogP contribution in [-0.2, 0) is 11.3 Å². The number of hydrogen-bond donors (Lipinski definition) is 2. The minimum atomic E-state index is 0.200. The van der Waals surface area contributed by atoms with Gasteiger partial charge in [-0.05, 0) is 56.6 Å². The largest absolute Gasteiger partial charge is 0.354 e. The number of unbranched alkanes of at least 4 members (excludes halogenated alkanes) is 1. The lowest BCUT2D eigenvalue weighted by atomic mass is 9.86. The van der Waals surface area contributed by atoms with E-state index in [2.05, 4.69) is 34.0 Å². The lowest BCUT2D eigenvalue weighted by Gasteiger charge is -2.25. The molecule has 1 aromatic carbocycles. The second-order valence-corrected chi connectivity index (χ2v) is 9.72. The van der Waals surface area contributed by atoms with Crippen molar-refractivity contribution in [3.05, 3.63) is 30.5 Å². The highest BCUT2D eigenvalue weighted by Crippen LogP contribution is 2.32. The first-order valence-corrected chi connectivity index (χ1v) is 12.8. The number of aromatic nitrogens is 4. The highest BCUT2D eigenvalue weighted by atomic mass is 16.2. The zero-order chi connectivity index (χ0) is 23.5. The van der Waals surface area contributed by atoms with Gasteiger partial charge in [0, 0.05) is 49.5 Å². The monoisotopic (exact) mass is 461 g/mol. The molecule has 0 radical (unpaired) electrons. The summed E-state index contributed by atoms with van der Waals surface area (Å²) in [5, 5.41) is 9.33. The number of nitrogens with two attached hydrogens (primary N) is 1. The third-order valence-electron chi connectivity index (χ3n) is 7.15. The molecule has 1 amide bonds. The molecule has 1 saturated heterocycles. The van der Waals surface area contributed by atoms with E-state index in [4.69, 9.17) is 15.8 Å². The molecule has 2 aliphatic rings. The van der Waals surface area contributed by atoms with Gasteiger partial charge in [0.25, 0.3) is 0 Å². The molecule has 0 atom stereocenters. The van der Waals surface area contributed by atoms with Crippen LogP contribution in [0.25, 0.3) is 22.3 Å². The SMILES string of the molecule is CCCCNc1ncc2c(-c3ccc(N4CCCC4=O)cc3)nn(CC3CCC(N)CC3)c2n1. The molecule has 8 heteroatoms. The van der Waals surface area contributed by atoms with E-state index in [1.807, 2.05) is 23.2 Å². The third kappa shape index (κ3) is 4.78. The van der Waals surface area contributed by atoms with E-state index >= 15 is 0 Å². The van der Waals surface area contributed by atoms with E-state index in [1.54, 1.807) is 0 Å². The number of carbonyl (C=O) groups is 1. The number of benzene rings is 1. The van der Waals surface area contributed by atoms with Gasteiger partial charge in [-0.1, -0.05) is 25.5 Å². The van der Waals surface area contributed by atoms with Crippen LogP contribution in [0.15, 0.2) is 30.5 Å². The molecule has 5 rings (SSSR count). The van der Waals surface area contributed by atoms with E-state index in [0.717, 1.165) is 92.6 Å². The normalized spacial score (nSPS) is 20.9. The van der Waals surface area contributed by atoms with Crippen LogP contribution in [0.4, 0.5) is 11.6 Å². The number of anilines is 2. The predicted molar refractivity (Wildman–Crippen MR) is 136 cm³/mol. The van der Waals surface area contributed by atoms with Crippen molar-refractivity contribution < 1.29 is 4.79 Å². The van der Waals surface area contributed by atoms with Gasteiger partial charge in [0.2, 0.25) is 11.9 Å². The topological polar surface area (TPSA) is 102 Å². The van der Waals surface area contributed by atoms with Crippen molar-refractivity contribution in [3.8, 4) is 11.3 Å². The number of carbonyl (C=O) groups excluding carboxylic acids is 1. The van der Waals surface area contributed by atoms with Crippen molar-refractivity contribution in [1.82, 2.24) is 19.7 Å². The zero-order valence-electron chi connectivity index (χ0n) is 20.0. The number of fused-ring (bicyclic) bond motifs is 1. The molecule has 3 N–H and O–H groups in total. The average molecular weight is 462 g/mol. The highest BCUT2D eigenvalue weighted by molar-refractivity contribution is 5.96. The summed E-state index contributed by atoms with van der Waals surface area (Å²) in [6.45, 7) is 4.67. The van der Waals surface area contributed by atoms with E-state index in [0.29, 0.717) is 24.3 Å². The zero-order valence-corrected chi connectivity index (χ0v) is 20.0. The molecule has 2 fully saturated rings. The van der Waals surface area contributed by atoms with Gasteiger partial charge in [-0.15, -0.1) is 0 Å². The van der Waals surface area contributed by atoms with Crippen molar-refractivity contribution in [3.63, 3.8) is 0 Å². The molecule has 0 spiro atoms. The number of nitrogens with one attached hydrogen (secondary N) is 1. The van der Waals surface area contributed by atoms with E-state index in [1.165, 1.54) is 0 Å². The Morgan fingerprint density at radius 1 is 1.15 bits per heavy atom. The van der Waals surface area contributed by atoms with Crippen molar-refractivity contribution in [2.75, 3.05) is 23.3 Å². The van der Waals surface area contributed by atoms with Gasteiger partial charge in [0.15, 0.2) is 5.65 Å². The van der Waals surface area contributed by atoms with Gasteiger partial charge in [-0.2, -0.15) is 10.1 Å². The Balaban J connectivity index is 1.46. The second kappa shape index (κ2) is 10.1. The number of amides is 1. The lowest BCUT2D eigenvalue weighted by Crippen LogP contribution is -2.28. The first-order chi connectivity index (χ1) is 16.6. The molecule has 3 aromatic rings. The van der Waals surface area contributed by atoms with Crippen LogP contribution in [0, 0.1) is 5.92 Å². The Labute approximate surface area is 200 Å². The predicted octanol–water partition coefficient (Wildman–Crippen LogP) is 4.35. The standard InChI is InChI=1S/C26H35N7O/c1-2-3-14-28-26-29-16-22-24(19-8-12-21(13-9-19)32-15-4-5-23(32)34)31-33(25(22)30-26)17-18-6-10-20(27)11-7-18/h8-9,12-13,16,18,20H,2-7,10-11,14-15,17,27H2,1H3,(H,28,29,30). The molecule has 8 nitrogen and oxygen atoms in total. The fraction of sp³-hybridized carbons (Fsp3) is 0.538. The van der Waals surface area contributed by atoms with Crippen LogP contribution in [0.5, 0.6) is 0 Å². The summed E-state index contributed by atoms with van der Waals surface area (Å²) in [6, 6.07) is 8.49. The maximum absolute atomic E-state index is 12.1. The summed E-state index contributed by atoms with van der Waals surface area (Å²) < 4.78 is 2.07. The highest BCUT2D eigenvalue weighted by Gasteiger charge is 2.24. The quantitative estimate of drug-likeness (QED) is 0.484. The van der Waals surface area contributed by atoms with Crippen molar-refractivity contribution in [2.24, 2.45) is 11.7 Å². The molecule has 0 unspecified atom stereocenters. The maximum atomic E-state index is 12.1. The van der Waals surface area contributed by atoms with Gasteiger partial charge in [-0.3, -0.25) is 4.79 Å². The van der Waals surface area contributed by atoms with Crippen LogP contribution in [0.3, 0.4) is 0 Å². The van der Waals surface area contributed by atoms with E-state index < -0.39 is 0 Å². The van der Waals surface area contributed by atoms with Crippen LogP contribution in [0.2, 0.25) is 0 Å². The summed E-state index contributed by atoms with van der Waals surface area (Å²) >= 11 is 0. The molecule has 1 saturated carbocycles. The Kier molecular flexibility index (Phi) is 6.76. The van der Waals surface area contributed by atoms with Gasteiger partial charge < -0.3 is 16.0 Å². The summed E-state index contributed by atoms with van der Waals surface area (Å²) in [5.74, 6) is 1.42. The Morgan fingerprint density at radius 2 is 1.94 bits per heavy atom. The van der Waals surface area contributed by atoms with Crippen molar-refractivity contribution in [2.45, 2.75) is 70.9 Å². The first kappa shape index (κ1) is 22.8. The molecular formula is C26H35N7O. The smallest absolute Gasteiger partial charge is 0.227 e. The van der Waals surface area contributed by atoms with E-state index in [-0.39, 0.29) is 5.91 Å². The number of nitrogens with zero attached hydrogens (tertiary/aromatic N) is 5. The summed E-state index contributed by atoms with van der Waals surface area (Å²) in [4.78, 5) is 23.4. The molecule has 180 valence electrons. The Bertz CT molecular complexity index is 1130. The summed E-state index contributed by atoms with van der Waals surface area (Å²) in [6.07, 6.45) is 10.1. The molecule has 0 bridgehead atoms.